The lowest BCUT2D eigenvalue weighted by atomic mass is 9.98. The van der Waals surface area contributed by atoms with E-state index in [0.29, 0.717) is 11.5 Å². The van der Waals surface area contributed by atoms with E-state index < -0.39 is 0 Å². The van der Waals surface area contributed by atoms with Crippen LogP contribution in [-0.2, 0) is 7.05 Å². The Balaban J connectivity index is 1.77. The van der Waals surface area contributed by atoms with Crippen LogP contribution in [0.2, 0.25) is 0 Å². The Morgan fingerprint density at radius 2 is 2.35 bits per heavy atom. The Labute approximate surface area is 122 Å². The zero-order valence-electron chi connectivity index (χ0n) is 11.7. The van der Waals surface area contributed by atoms with Crippen molar-refractivity contribution < 1.29 is 4.79 Å². The second kappa shape index (κ2) is 5.36. The zero-order chi connectivity index (χ0) is 14.1. The highest BCUT2D eigenvalue weighted by Gasteiger charge is 2.28. The lowest BCUT2D eigenvalue weighted by molar-refractivity contribution is 0.0706. The van der Waals surface area contributed by atoms with Gasteiger partial charge in [-0.3, -0.25) is 9.48 Å². The highest BCUT2D eigenvalue weighted by molar-refractivity contribution is 7.09. The molecule has 0 bridgehead atoms. The van der Waals surface area contributed by atoms with Gasteiger partial charge in [-0.05, 0) is 19.8 Å². The molecule has 2 aromatic heterocycles. The minimum absolute atomic E-state index is 0.0943. The fourth-order valence-electron chi connectivity index (χ4n) is 2.78. The van der Waals surface area contributed by atoms with Gasteiger partial charge in [-0.1, -0.05) is 0 Å². The summed E-state index contributed by atoms with van der Waals surface area (Å²) in [7, 11) is 1.85. The first-order valence-electron chi connectivity index (χ1n) is 6.84. The van der Waals surface area contributed by atoms with E-state index in [1.54, 1.807) is 16.0 Å². The first kappa shape index (κ1) is 13.3. The van der Waals surface area contributed by atoms with Crippen molar-refractivity contribution in [2.45, 2.75) is 25.7 Å². The lowest BCUT2D eigenvalue weighted by Gasteiger charge is -2.31. The van der Waals surface area contributed by atoms with Crippen LogP contribution < -0.4 is 0 Å². The Bertz CT molecular complexity index is 605. The van der Waals surface area contributed by atoms with Gasteiger partial charge in [0.2, 0.25) is 0 Å². The molecule has 1 saturated heterocycles. The van der Waals surface area contributed by atoms with Crippen molar-refractivity contribution in [3.63, 3.8) is 0 Å². The van der Waals surface area contributed by atoms with Gasteiger partial charge in [0.1, 0.15) is 0 Å². The van der Waals surface area contributed by atoms with E-state index in [-0.39, 0.29) is 5.91 Å². The van der Waals surface area contributed by atoms with Crippen LogP contribution in [0.1, 0.15) is 39.8 Å². The van der Waals surface area contributed by atoms with Gasteiger partial charge < -0.3 is 4.90 Å². The van der Waals surface area contributed by atoms with Crippen molar-refractivity contribution in [3.05, 3.63) is 34.0 Å². The van der Waals surface area contributed by atoms with Crippen molar-refractivity contribution in [3.8, 4) is 0 Å². The summed E-state index contributed by atoms with van der Waals surface area (Å²) in [5.74, 6) is 0.474. The van der Waals surface area contributed by atoms with Crippen LogP contribution in [-0.4, -0.2) is 38.7 Å². The zero-order valence-corrected chi connectivity index (χ0v) is 12.6. The predicted octanol–water partition coefficient (Wildman–Crippen LogP) is 2.20. The molecule has 1 amide bonds. The number of carbonyl (C=O) groups excluding carboxylic acids is 1. The summed E-state index contributed by atoms with van der Waals surface area (Å²) in [6, 6.07) is 0. The summed E-state index contributed by atoms with van der Waals surface area (Å²) in [6.45, 7) is 3.48. The smallest absolute Gasteiger partial charge is 0.257 e. The molecule has 0 aromatic carbocycles. The van der Waals surface area contributed by atoms with Crippen molar-refractivity contribution in [1.29, 1.82) is 0 Å². The maximum Gasteiger partial charge on any atom is 0.257 e. The maximum absolute atomic E-state index is 12.6. The molecular weight excluding hydrogens is 272 g/mol. The van der Waals surface area contributed by atoms with Crippen LogP contribution in [0.4, 0.5) is 0 Å². The molecule has 0 radical (unpaired) electrons. The van der Waals surface area contributed by atoms with Crippen molar-refractivity contribution in [1.82, 2.24) is 19.7 Å². The standard InChI is InChI=1S/C14H18N4OS/c1-10-12(9-17(2)16-10)14(19)18-6-3-4-11(8-18)13-15-5-7-20-13/h5,7,9,11H,3-4,6,8H2,1-2H3/t11-/m1/s1. The number of likely N-dealkylation sites (tertiary alicyclic amines) is 1. The van der Waals surface area contributed by atoms with E-state index in [9.17, 15) is 4.79 Å². The van der Waals surface area contributed by atoms with E-state index in [0.717, 1.165) is 36.6 Å². The molecule has 106 valence electrons. The molecule has 2 aromatic rings. The minimum atomic E-state index is 0.0943. The number of piperidine rings is 1. The molecule has 0 spiro atoms. The lowest BCUT2D eigenvalue weighted by Crippen LogP contribution is -2.39. The Kier molecular flexibility index (Phi) is 3.56. The molecule has 20 heavy (non-hydrogen) atoms. The topological polar surface area (TPSA) is 51.0 Å². The van der Waals surface area contributed by atoms with Crippen LogP contribution in [0.5, 0.6) is 0 Å². The number of aromatic nitrogens is 3. The van der Waals surface area contributed by atoms with Crippen molar-refractivity contribution >= 4 is 17.2 Å². The summed E-state index contributed by atoms with van der Waals surface area (Å²) in [6.07, 6.45) is 5.80. The summed E-state index contributed by atoms with van der Waals surface area (Å²) in [5.41, 5.74) is 1.51. The molecule has 1 fully saturated rings. The van der Waals surface area contributed by atoms with Gasteiger partial charge in [0.15, 0.2) is 0 Å². The SMILES string of the molecule is Cc1nn(C)cc1C(=O)N1CCC[C@@H](c2nccs2)C1. The van der Waals surface area contributed by atoms with Crippen LogP contribution in [0.15, 0.2) is 17.8 Å². The highest BCUT2D eigenvalue weighted by atomic mass is 32.1. The van der Waals surface area contributed by atoms with Gasteiger partial charge in [-0.25, -0.2) is 4.98 Å². The number of carbonyl (C=O) groups is 1. The molecule has 0 saturated carbocycles. The number of hydrogen-bond acceptors (Lipinski definition) is 4. The first-order valence-corrected chi connectivity index (χ1v) is 7.72. The maximum atomic E-state index is 12.6. The number of amides is 1. The summed E-state index contributed by atoms with van der Waals surface area (Å²) < 4.78 is 1.70. The van der Waals surface area contributed by atoms with Crippen LogP contribution in [0.25, 0.3) is 0 Å². The van der Waals surface area contributed by atoms with E-state index >= 15 is 0 Å². The highest BCUT2D eigenvalue weighted by Crippen LogP contribution is 2.29. The second-order valence-electron chi connectivity index (χ2n) is 5.26. The molecule has 0 N–H and O–H groups in total. The minimum Gasteiger partial charge on any atom is -0.338 e. The third kappa shape index (κ3) is 2.47. The third-order valence-corrected chi connectivity index (χ3v) is 4.69. The van der Waals surface area contributed by atoms with E-state index in [1.807, 2.05) is 36.6 Å². The molecule has 1 atom stereocenters. The van der Waals surface area contributed by atoms with Crippen molar-refractivity contribution in [2.24, 2.45) is 7.05 Å². The number of thiazole rings is 1. The number of hydrogen-bond donors (Lipinski definition) is 0. The number of rotatable bonds is 2. The van der Waals surface area contributed by atoms with Crippen molar-refractivity contribution in [2.75, 3.05) is 13.1 Å². The molecule has 3 rings (SSSR count). The third-order valence-electron chi connectivity index (χ3n) is 3.75. The molecular formula is C14H18N4OS. The molecule has 1 aliphatic rings. The monoisotopic (exact) mass is 290 g/mol. The molecule has 6 heteroatoms. The van der Waals surface area contributed by atoms with Crippen LogP contribution in [0, 0.1) is 6.92 Å². The summed E-state index contributed by atoms with van der Waals surface area (Å²) in [4.78, 5) is 18.9. The number of aryl methyl sites for hydroxylation is 2. The molecule has 3 heterocycles. The van der Waals surface area contributed by atoms with Gasteiger partial charge in [0, 0.05) is 43.8 Å². The number of nitrogens with zero attached hydrogens (tertiary/aromatic N) is 4. The Morgan fingerprint density at radius 1 is 1.50 bits per heavy atom. The predicted molar refractivity (Wildman–Crippen MR) is 77.9 cm³/mol. The molecule has 0 aliphatic carbocycles. The fourth-order valence-corrected chi connectivity index (χ4v) is 3.55. The van der Waals surface area contributed by atoms with Gasteiger partial charge in [-0.2, -0.15) is 5.10 Å². The van der Waals surface area contributed by atoms with Crippen LogP contribution in [0.3, 0.4) is 0 Å². The van der Waals surface area contributed by atoms with E-state index in [1.165, 1.54) is 0 Å². The quantitative estimate of drug-likeness (QED) is 0.852. The van der Waals surface area contributed by atoms with E-state index in [4.69, 9.17) is 0 Å². The molecule has 0 unspecified atom stereocenters. The molecule has 5 nitrogen and oxygen atoms in total. The summed E-state index contributed by atoms with van der Waals surface area (Å²) >= 11 is 1.68. The first-order chi connectivity index (χ1) is 9.65. The van der Waals surface area contributed by atoms with Gasteiger partial charge in [0.05, 0.1) is 16.3 Å². The van der Waals surface area contributed by atoms with Crippen LogP contribution >= 0.6 is 11.3 Å². The largest absolute Gasteiger partial charge is 0.338 e. The van der Waals surface area contributed by atoms with Gasteiger partial charge >= 0.3 is 0 Å². The molecule has 1 aliphatic heterocycles. The van der Waals surface area contributed by atoms with Gasteiger partial charge in [-0.15, -0.1) is 11.3 Å². The normalized spacial score (nSPS) is 19.3. The fraction of sp³-hybridized carbons (Fsp3) is 0.500. The Morgan fingerprint density at radius 3 is 3.00 bits per heavy atom. The second-order valence-corrected chi connectivity index (χ2v) is 6.19. The average Bonchev–Trinajstić information content (AvgIpc) is 3.08. The van der Waals surface area contributed by atoms with E-state index in [2.05, 4.69) is 10.1 Å². The van der Waals surface area contributed by atoms with Gasteiger partial charge in [0.25, 0.3) is 5.91 Å². The Hall–Kier alpha value is -1.69. The average molecular weight is 290 g/mol. The summed E-state index contributed by atoms with van der Waals surface area (Å²) in [5, 5.41) is 7.40.